The standard InChI is InChI=1S/C24H28N2O3.C7H6O2/c1-3-14-9-16-11-18(12-17(16)10-15(14)4-2)25-13-22(28)19-5-7-21(27)24-20(19)6-8-23(29)26-24;8-7(9)6-4-2-1-3-5-6/h5-10,18,20,22,25,27-28H,3-4,11-13H2,1-2H3;1-5H,(H,8,9)/t20?,22-;/m0./s1. The molecule has 0 aromatic heterocycles. The van der Waals surface area contributed by atoms with Crippen LogP contribution in [0.3, 0.4) is 0 Å². The Kier molecular flexibility index (Phi) is 8.71. The first kappa shape index (κ1) is 27.2. The van der Waals surface area contributed by atoms with Crippen LogP contribution in [0.1, 0.15) is 46.5 Å². The number of aryl methyl sites for hydroxylation is 2. The van der Waals surface area contributed by atoms with E-state index < -0.39 is 12.1 Å². The third kappa shape index (κ3) is 6.18. The molecule has 7 heteroatoms. The van der Waals surface area contributed by atoms with Crippen LogP contribution in [0.4, 0.5) is 0 Å². The van der Waals surface area contributed by atoms with E-state index in [0.717, 1.165) is 31.3 Å². The molecule has 3 aliphatic rings. The fraction of sp³-hybridized carbons (Fsp3) is 0.323. The molecule has 1 heterocycles. The van der Waals surface area contributed by atoms with Crippen LogP contribution in [-0.2, 0) is 30.5 Å². The van der Waals surface area contributed by atoms with Crippen molar-refractivity contribution in [1.29, 1.82) is 0 Å². The third-order valence-corrected chi connectivity index (χ3v) is 7.23. The van der Waals surface area contributed by atoms with Gasteiger partial charge in [0.25, 0.3) is 5.91 Å². The molecule has 1 unspecified atom stereocenters. The number of hydrogen-bond donors (Lipinski definition) is 4. The number of nitrogens with zero attached hydrogens (tertiary/aromatic N) is 1. The van der Waals surface area contributed by atoms with Crippen LogP contribution in [0.25, 0.3) is 0 Å². The third-order valence-electron chi connectivity index (χ3n) is 7.23. The Labute approximate surface area is 222 Å². The van der Waals surface area contributed by atoms with Gasteiger partial charge in [-0.3, -0.25) is 4.79 Å². The van der Waals surface area contributed by atoms with E-state index in [-0.39, 0.29) is 17.6 Å². The molecule has 0 saturated heterocycles. The number of carboxylic acid groups (broad SMARTS) is 1. The van der Waals surface area contributed by atoms with Crippen molar-refractivity contribution in [2.75, 3.05) is 6.54 Å². The van der Waals surface area contributed by atoms with Crippen molar-refractivity contribution in [2.45, 2.75) is 51.7 Å². The van der Waals surface area contributed by atoms with E-state index >= 15 is 0 Å². The highest BCUT2D eigenvalue weighted by Crippen LogP contribution is 2.30. The lowest BCUT2D eigenvalue weighted by Crippen LogP contribution is -2.39. The fourth-order valence-corrected chi connectivity index (χ4v) is 5.22. The molecule has 4 N–H and O–H groups in total. The van der Waals surface area contributed by atoms with Crippen LogP contribution in [0.5, 0.6) is 0 Å². The number of rotatable bonds is 7. The van der Waals surface area contributed by atoms with Crippen molar-refractivity contribution in [3.63, 3.8) is 0 Å². The van der Waals surface area contributed by atoms with E-state index in [2.05, 4.69) is 36.3 Å². The number of aliphatic hydroxyl groups is 2. The van der Waals surface area contributed by atoms with E-state index in [1.54, 1.807) is 42.5 Å². The molecule has 0 saturated carbocycles. The summed E-state index contributed by atoms with van der Waals surface area (Å²) in [5, 5.41) is 32.7. The summed E-state index contributed by atoms with van der Waals surface area (Å²) in [6.45, 7) is 4.83. The summed E-state index contributed by atoms with van der Waals surface area (Å²) in [6.07, 6.45) is 9.69. The molecule has 2 aromatic rings. The van der Waals surface area contributed by atoms with Gasteiger partial charge < -0.3 is 20.6 Å². The molecular formula is C31H34N2O5. The van der Waals surface area contributed by atoms with Gasteiger partial charge in [-0.15, -0.1) is 0 Å². The second-order valence-electron chi connectivity index (χ2n) is 9.69. The number of nitrogens with one attached hydrogen (secondary N) is 1. The molecule has 0 fully saturated rings. The smallest absolute Gasteiger partial charge is 0.335 e. The number of carboxylic acids is 1. The van der Waals surface area contributed by atoms with Gasteiger partial charge in [0.2, 0.25) is 0 Å². The van der Waals surface area contributed by atoms with E-state index in [9.17, 15) is 19.8 Å². The minimum atomic E-state index is -0.879. The van der Waals surface area contributed by atoms with Crippen LogP contribution in [0.2, 0.25) is 0 Å². The van der Waals surface area contributed by atoms with Gasteiger partial charge in [-0.2, -0.15) is 0 Å². The lowest BCUT2D eigenvalue weighted by molar-refractivity contribution is -0.113. The average molecular weight is 515 g/mol. The number of aromatic carboxylic acids is 1. The number of benzene rings is 2. The molecule has 2 aromatic carbocycles. The predicted octanol–water partition coefficient (Wildman–Crippen LogP) is 4.15. The monoisotopic (exact) mass is 514 g/mol. The van der Waals surface area contributed by atoms with E-state index in [4.69, 9.17) is 5.11 Å². The average Bonchev–Trinajstić information content (AvgIpc) is 3.34. The summed E-state index contributed by atoms with van der Waals surface area (Å²) >= 11 is 0. The van der Waals surface area contributed by atoms with Crippen molar-refractivity contribution in [3.8, 4) is 0 Å². The van der Waals surface area contributed by atoms with Gasteiger partial charge in [0.1, 0.15) is 5.76 Å². The largest absolute Gasteiger partial charge is 0.506 e. The van der Waals surface area contributed by atoms with Crippen molar-refractivity contribution < 1.29 is 24.9 Å². The minimum Gasteiger partial charge on any atom is -0.506 e. The SMILES string of the molecule is CCc1cc2c(cc1CC)CC(NC[C@H](O)C1=CC=C(O)C3=NC(=O)C=CC13)C2.O=C(O)c1ccccc1. The number of aliphatic imine (C=N–C) groups is 1. The van der Waals surface area contributed by atoms with E-state index in [1.807, 2.05) is 0 Å². The summed E-state index contributed by atoms with van der Waals surface area (Å²) in [6, 6.07) is 13.3. The van der Waals surface area contributed by atoms with Gasteiger partial charge >= 0.3 is 5.97 Å². The Morgan fingerprint density at radius 3 is 2.24 bits per heavy atom. The molecule has 0 radical (unpaired) electrons. The van der Waals surface area contributed by atoms with Crippen molar-refractivity contribution in [3.05, 3.63) is 106 Å². The Morgan fingerprint density at radius 1 is 1.05 bits per heavy atom. The summed E-state index contributed by atoms with van der Waals surface area (Å²) < 4.78 is 0. The molecule has 1 aliphatic heterocycles. The van der Waals surface area contributed by atoms with Gasteiger partial charge in [-0.05, 0) is 71.7 Å². The van der Waals surface area contributed by atoms with Gasteiger partial charge in [-0.1, -0.05) is 56.3 Å². The number of amides is 1. The number of fused-ring (bicyclic) bond motifs is 2. The van der Waals surface area contributed by atoms with Crippen molar-refractivity contribution in [2.24, 2.45) is 10.9 Å². The Hall–Kier alpha value is -3.81. The zero-order valence-corrected chi connectivity index (χ0v) is 21.7. The Balaban J connectivity index is 0.000000317. The molecule has 1 amide bonds. The maximum absolute atomic E-state index is 11.5. The van der Waals surface area contributed by atoms with Crippen LogP contribution in [0, 0.1) is 5.92 Å². The van der Waals surface area contributed by atoms with E-state index in [1.165, 1.54) is 34.4 Å². The van der Waals surface area contributed by atoms with Crippen LogP contribution < -0.4 is 5.32 Å². The normalized spacial score (nSPS) is 18.9. The molecule has 5 rings (SSSR count). The Bertz CT molecular complexity index is 1290. The van der Waals surface area contributed by atoms with Crippen LogP contribution in [0.15, 0.2) is 83.1 Å². The quantitative estimate of drug-likeness (QED) is 0.441. The highest BCUT2D eigenvalue weighted by molar-refractivity contribution is 6.13. The molecular weight excluding hydrogens is 480 g/mol. The second-order valence-corrected chi connectivity index (χ2v) is 9.69. The first-order valence-corrected chi connectivity index (χ1v) is 13.1. The number of hydrogen-bond acceptors (Lipinski definition) is 5. The van der Waals surface area contributed by atoms with Crippen molar-refractivity contribution in [1.82, 2.24) is 5.32 Å². The maximum atomic E-state index is 11.5. The first-order chi connectivity index (χ1) is 18.3. The summed E-state index contributed by atoms with van der Waals surface area (Å²) in [5.74, 6) is -1.63. The molecule has 2 atom stereocenters. The number of allylic oxidation sites excluding steroid dienone is 4. The number of carbonyl (C=O) groups is 2. The van der Waals surface area contributed by atoms with Crippen LogP contribution in [-0.4, -0.2) is 51.6 Å². The topological polar surface area (TPSA) is 119 Å². The molecule has 7 nitrogen and oxygen atoms in total. The molecule has 2 aliphatic carbocycles. The molecule has 198 valence electrons. The zero-order valence-electron chi connectivity index (χ0n) is 21.7. The lowest BCUT2D eigenvalue weighted by Gasteiger charge is -2.28. The highest BCUT2D eigenvalue weighted by Gasteiger charge is 2.32. The predicted molar refractivity (Wildman–Crippen MR) is 148 cm³/mol. The van der Waals surface area contributed by atoms with E-state index in [0.29, 0.717) is 23.9 Å². The maximum Gasteiger partial charge on any atom is 0.335 e. The fourth-order valence-electron chi connectivity index (χ4n) is 5.22. The van der Waals surface area contributed by atoms with Gasteiger partial charge in [-0.25, -0.2) is 9.79 Å². The molecule has 0 spiro atoms. The van der Waals surface area contributed by atoms with Gasteiger partial charge in [0.15, 0.2) is 0 Å². The lowest BCUT2D eigenvalue weighted by atomic mass is 9.83. The minimum absolute atomic E-state index is 0.0127. The summed E-state index contributed by atoms with van der Waals surface area (Å²) in [5.41, 5.74) is 7.11. The van der Waals surface area contributed by atoms with Crippen LogP contribution >= 0.6 is 0 Å². The molecule has 38 heavy (non-hydrogen) atoms. The van der Waals surface area contributed by atoms with Gasteiger partial charge in [0.05, 0.1) is 17.4 Å². The zero-order chi connectivity index (χ0) is 27.2. The second kappa shape index (κ2) is 12.2. The van der Waals surface area contributed by atoms with Crippen molar-refractivity contribution >= 4 is 17.6 Å². The number of carbonyl (C=O) groups excluding carboxylic acids is 1. The van der Waals surface area contributed by atoms with Gasteiger partial charge in [0, 0.05) is 24.6 Å². The number of aliphatic hydroxyl groups excluding tert-OH is 2. The number of dihydropyridines is 1. The molecule has 0 bridgehead atoms. The summed E-state index contributed by atoms with van der Waals surface area (Å²) in [4.78, 5) is 25.6. The first-order valence-electron chi connectivity index (χ1n) is 13.1. The highest BCUT2D eigenvalue weighted by atomic mass is 16.4. The summed E-state index contributed by atoms with van der Waals surface area (Å²) in [7, 11) is 0. The Morgan fingerprint density at radius 2 is 1.68 bits per heavy atom.